The maximum absolute atomic E-state index is 13.0. The summed E-state index contributed by atoms with van der Waals surface area (Å²) in [5.74, 6) is -0.231. The average Bonchev–Trinajstić information content (AvgIpc) is 2.55. The Morgan fingerprint density at radius 2 is 1.96 bits per heavy atom. The average molecular weight is 326 g/mol. The first-order valence-electron chi connectivity index (χ1n) is 7.96. The molecule has 0 aliphatic heterocycles. The topological polar surface area (TPSA) is 42.0 Å². The van der Waals surface area contributed by atoms with Crippen LogP contribution in [0.5, 0.6) is 0 Å². The van der Waals surface area contributed by atoms with Crippen molar-refractivity contribution in [2.75, 3.05) is 0 Å². The Morgan fingerprint density at radius 3 is 2.54 bits per heavy atom. The van der Waals surface area contributed by atoms with Crippen molar-refractivity contribution in [3.8, 4) is 0 Å². The second kappa shape index (κ2) is 7.39. The molecule has 0 saturated heterocycles. The number of amides is 1. The van der Waals surface area contributed by atoms with E-state index in [4.69, 9.17) is 0 Å². The first kappa shape index (κ1) is 17.9. The smallest absolute Gasteiger partial charge is 0.253 e. The number of benzene rings is 1. The molecule has 24 heavy (non-hydrogen) atoms. The molecule has 0 saturated carbocycles. The van der Waals surface area contributed by atoms with Gasteiger partial charge in [-0.1, -0.05) is 31.2 Å². The summed E-state index contributed by atoms with van der Waals surface area (Å²) in [6, 6.07) is 9.95. The second-order valence-electron chi connectivity index (χ2n) is 6.58. The zero-order valence-electron chi connectivity index (χ0n) is 14.3. The highest BCUT2D eigenvalue weighted by Crippen LogP contribution is 2.28. The number of pyridine rings is 1. The van der Waals surface area contributed by atoms with Gasteiger partial charge in [0, 0.05) is 12.4 Å². The molecule has 2 rings (SSSR count). The molecular formula is C20H23FN2O. The van der Waals surface area contributed by atoms with Gasteiger partial charge in [0.1, 0.15) is 5.82 Å². The summed E-state index contributed by atoms with van der Waals surface area (Å²) in [6.07, 6.45) is 3.87. The van der Waals surface area contributed by atoms with Crippen LogP contribution in [0.1, 0.15) is 49.0 Å². The number of carbonyl (C=O) groups excluding carboxylic acids is 1. The summed E-state index contributed by atoms with van der Waals surface area (Å²) in [5.41, 5.74) is 1.93. The number of halogens is 1. The molecule has 1 unspecified atom stereocenters. The molecule has 4 heteroatoms. The number of hydrogen-bond donors (Lipinski definition) is 1. The first-order chi connectivity index (χ1) is 11.3. The van der Waals surface area contributed by atoms with Gasteiger partial charge in [0.05, 0.1) is 11.1 Å². The largest absolute Gasteiger partial charge is 0.343 e. The summed E-state index contributed by atoms with van der Waals surface area (Å²) >= 11 is 0. The fourth-order valence-electron chi connectivity index (χ4n) is 2.48. The Morgan fingerprint density at radius 1 is 1.29 bits per heavy atom. The molecule has 0 radical (unpaired) electrons. The van der Waals surface area contributed by atoms with Crippen molar-refractivity contribution in [3.05, 3.63) is 77.9 Å². The van der Waals surface area contributed by atoms with E-state index in [9.17, 15) is 9.18 Å². The van der Waals surface area contributed by atoms with E-state index in [1.165, 1.54) is 18.3 Å². The van der Waals surface area contributed by atoms with E-state index in [0.717, 1.165) is 11.1 Å². The monoisotopic (exact) mass is 326 g/mol. The standard InChI is InChI=1S/C20H23FN2O/c1-14(16-7-9-18(21)10-8-16)12-15(2)20(3,4)23-19(24)17-6-5-11-22-13-17/h5-11,13-14H,2,12H2,1,3-4H3,(H,23,24). The SMILES string of the molecule is C=C(CC(C)c1ccc(F)cc1)C(C)(C)NC(=O)c1cccnc1. The Bertz CT molecular complexity index is 708. The van der Waals surface area contributed by atoms with Crippen molar-refractivity contribution in [1.29, 1.82) is 0 Å². The molecule has 0 fully saturated rings. The molecule has 1 amide bonds. The fourth-order valence-corrected chi connectivity index (χ4v) is 2.48. The molecule has 3 nitrogen and oxygen atoms in total. The molecule has 1 aromatic carbocycles. The van der Waals surface area contributed by atoms with Crippen LogP contribution < -0.4 is 5.32 Å². The number of rotatable bonds is 6. The van der Waals surface area contributed by atoms with Crippen LogP contribution in [-0.4, -0.2) is 16.4 Å². The van der Waals surface area contributed by atoms with Crippen molar-refractivity contribution < 1.29 is 9.18 Å². The number of nitrogens with zero attached hydrogens (tertiary/aromatic N) is 1. The van der Waals surface area contributed by atoms with E-state index in [1.54, 1.807) is 30.5 Å². The highest BCUT2D eigenvalue weighted by molar-refractivity contribution is 5.94. The zero-order chi connectivity index (χ0) is 17.7. The van der Waals surface area contributed by atoms with Gasteiger partial charge in [-0.2, -0.15) is 0 Å². The Kier molecular flexibility index (Phi) is 5.50. The second-order valence-corrected chi connectivity index (χ2v) is 6.58. The minimum Gasteiger partial charge on any atom is -0.343 e. The third-order valence-corrected chi connectivity index (χ3v) is 4.23. The van der Waals surface area contributed by atoms with E-state index in [-0.39, 0.29) is 17.6 Å². The number of aromatic nitrogens is 1. The lowest BCUT2D eigenvalue weighted by molar-refractivity contribution is 0.0922. The minimum atomic E-state index is -0.554. The zero-order valence-corrected chi connectivity index (χ0v) is 14.3. The third kappa shape index (κ3) is 4.51. The lowest BCUT2D eigenvalue weighted by Gasteiger charge is -2.30. The lowest BCUT2D eigenvalue weighted by atomic mass is 9.85. The van der Waals surface area contributed by atoms with E-state index < -0.39 is 5.54 Å². The van der Waals surface area contributed by atoms with Crippen molar-refractivity contribution in [2.45, 2.75) is 38.6 Å². The maximum atomic E-state index is 13.0. The lowest BCUT2D eigenvalue weighted by Crippen LogP contribution is -2.45. The summed E-state index contributed by atoms with van der Waals surface area (Å²) in [7, 11) is 0. The van der Waals surface area contributed by atoms with Crippen molar-refractivity contribution in [2.24, 2.45) is 0 Å². The van der Waals surface area contributed by atoms with Gasteiger partial charge in [0.25, 0.3) is 5.91 Å². The first-order valence-corrected chi connectivity index (χ1v) is 7.96. The summed E-state index contributed by atoms with van der Waals surface area (Å²) in [5, 5.41) is 3.00. The van der Waals surface area contributed by atoms with Gasteiger partial charge in [-0.15, -0.1) is 0 Å². The van der Waals surface area contributed by atoms with Crippen LogP contribution in [0.3, 0.4) is 0 Å². The molecule has 1 aromatic heterocycles. The Labute approximate surface area is 142 Å². The predicted octanol–water partition coefficient (Wildman–Crippen LogP) is 4.48. The predicted molar refractivity (Wildman–Crippen MR) is 94.4 cm³/mol. The van der Waals surface area contributed by atoms with Crippen LogP contribution in [0.25, 0.3) is 0 Å². The van der Waals surface area contributed by atoms with Crippen LogP contribution in [0.2, 0.25) is 0 Å². The molecule has 0 spiro atoms. The number of hydrogen-bond acceptors (Lipinski definition) is 2. The quantitative estimate of drug-likeness (QED) is 0.795. The van der Waals surface area contributed by atoms with Crippen molar-refractivity contribution in [1.82, 2.24) is 10.3 Å². The summed E-state index contributed by atoms with van der Waals surface area (Å²) < 4.78 is 13.0. The van der Waals surface area contributed by atoms with Gasteiger partial charge < -0.3 is 5.32 Å². The fraction of sp³-hybridized carbons (Fsp3) is 0.300. The molecule has 1 N–H and O–H groups in total. The summed E-state index contributed by atoms with van der Waals surface area (Å²) in [4.78, 5) is 16.3. The van der Waals surface area contributed by atoms with E-state index in [2.05, 4.69) is 23.8 Å². The summed E-state index contributed by atoms with van der Waals surface area (Å²) in [6.45, 7) is 10.1. The van der Waals surface area contributed by atoms with Gasteiger partial charge in [-0.3, -0.25) is 9.78 Å². The van der Waals surface area contributed by atoms with Gasteiger partial charge in [0.2, 0.25) is 0 Å². The highest BCUT2D eigenvalue weighted by atomic mass is 19.1. The molecule has 0 bridgehead atoms. The molecule has 1 heterocycles. The van der Waals surface area contributed by atoms with Gasteiger partial charge in [-0.25, -0.2) is 4.39 Å². The maximum Gasteiger partial charge on any atom is 0.253 e. The Hall–Kier alpha value is -2.49. The highest BCUT2D eigenvalue weighted by Gasteiger charge is 2.26. The molecule has 0 aliphatic carbocycles. The van der Waals surface area contributed by atoms with Crippen LogP contribution in [0.15, 0.2) is 60.9 Å². The van der Waals surface area contributed by atoms with Crippen LogP contribution in [0, 0.1) is 5.82 Å². The van der Waals surface area contributed by atoms with Gasteiger partial charge in [-0.05, 0) is 56.0 Å². The number of carbonyl (C=O) groups is 1. The van der Waals surface area contributed by atoms with Crippen LogP contribution >= 0.6 is 0 Å². The molecule has 1 atom stereocenters. The van der Waals surface area contributed by atoms with Gasteiger partial charge >= 0.3 is 0 Å². The molecule has 0 aliphatic rings. The van der Waals surface area contributed by atoms with Gasteiger partial charge in [0.15, 0.2) is 0 Å². The minimum absolute atomic E-state index is 0.177. The normalized spacial score (nSPS) is 12.5. The number of nitrogens with one attached hydrogen (secondary N) is 1. The van der Waals surface area contributed by atoms with Crippen molar-refractivity contribution in [3.63, 3.8) is 0 Å². The molecular weight excluding hydrogens is 303 g/mol. The third-order valence-electron chi connectivity index (χ3n) is 4.23. The van der Waals surface area contributed by atoms with Crippen LogP contribution in [0.4, 0.5) is 4.39 Å². The molecule has 126 valence electrons. The van der Waals surface area contributed by atoms with E-state index >= 15 is 0 Å². The van der Waals surface area contributed by atoms with E-state index in [1.807, 2.05) is 13.8 Å². The van der Waals surface area contributed by atoms with E-state index in [0.29, 0.717) is 12.0 Å². The Balaban J connectivity index is 2.01. The van der Waals surface area contributed by atoms with Crippen LogP contribution in [-0.2, 0) is 0 Å². The molecule has 2 aromatic rings. The van der Waals surface area contributed by atoms with Crippen molar-refractivity contribution >= 4 is 5.91 Å².